The van der Waals surface area contributed by atoms with Crippen LogP contribution in [-0.2, 0) is 11.3 Å². The van der Waals surface area contributed by atoms with E-state index >= 15 is 0 Å². The number of hydrogen-bond acceptors (Lipinski definition) is 2. The second-order valence-electron chi connectivity index (χ2n) is 5.12. The number of carbonyl (C=O) groups excluding carboxylic acids is 1. The Bertz CT molecular complexity index is 439. The average molecular weight is 329 g/mol. The van der Waals surface area contributed by atoms with Gasteiger partial charge in [0.1, 0.15) is 5.69 Å². The molecule has 106 valence electrons. The fourth-order valence-electron chi connectivity index (χ4n) is 2.44. The van der Waals surface area contributed by atoms with Gasteiger partial charge in [-0.2, -0.15) is 0 Å². The SMILES string of the molecule is CCCn1cc(Br)cc1C(=O)NC(C)C1CCOC1. The molecule has 2 heterocycles. The molecule has 1 amide bonds. The van der Waals surface area contributed by atoms with Crippen molar-refractivity contribution in [2.45, 2.75) is 39.3 Å². The van der Waals surface area contributed by atoms with Gasteiger partial charge in [-0.15, -0.1) is 0 Å². The molecule has 1 saturated heterocycles. The fraction of sp³-hybridized carbons (Fsp3) is 0.643. The van der Waals surface area contributed by atoms with Gasteiger partial charge in [-0.25, -0.2) is 0 Å². The van der Waals surface area contributed by atoms with Crippen molar-refractivity contribution in [3.8, 4) is 0 Å². The summed E-state index contributed by atoms with van der Waals surface area (Å²) in [6.45, 7) is 6.58. The van der Waals surface area contributed by atoms with Crippen LogP contribution in [0, 0.1) is 5.92 Å². The molecule has 0 aromatic carbocycles. The molecule has 0 aliphatic carbocycles. The minimum Gasteiger partial charge on any atom is -0.381 e. The monoisotopic (exact) mass is 328 g/mol. The molecule has 5 heteroatoms. The Hall–Kier alpha value is -0.810. The average Bonchev–Trinajstić information content (AvgIpc) is 2.99. The fourth-order valence-corrected chi connectivity index (χ4v) is 2.90. The lowest BCUT2D eigenvalue weighted by atomic mass is 10.0. The second kappa shape index (κ2) is 6.57. The maximum Gasteiger partial charge on any atom is 0.268 e. The van der Waals surface area contributed by atoms with Gasteiger partial charge in [-0.05, 0) is 41.8 Å². The first-order valence-corrected chi connectivity index (χ1v) is 7.65. The first-order valence-electron chi connectivity index (χ1n) is 6.86. The van der Waals surface area contributed by atoms with E-state index in [2.05, 4.69) is 35.1 Å². The van der Waals surface area contributed by atoms with E-state index < -0.39 is 0 Å². The van der Waals surface area contributed by atoms with Crippen molar-refractivity contribution in [1.82, 2.24) is 9.88 Å². The molecule has 1 aliphatic heterocycles. The maximum atomic E-state index is 12.3. The highest BCUT2D eigenvalue weighted by molar-refractivity contribution is 9.10. The van der Waals surface area contributed by atoms with Crippen molar-refractivity contribution in [2.75, 3.05) is 13.2 Å². The Morgan fingerprint density at radius 1 is 1.68 bits per heavy atom. The number of hydrogen-bond donors (Lipinski definition) is 1. The van der Waals surface area contributed by atoms with E-state index in [9.17, 15) is 4.79 Å². The van der Waals surface area contributed by atoms with E-state index in [-0.39, 0.29) is 11.9 Å². The highest BCUT2D eigenvalue weighted by atomic mass is 79.9. The van der Waals surface area contributed by atoms with Crippen molar-refractivity contribution >= 4 is 21.8 Å². The highest BCUT2D eigenvalue weighted by Crippen LogP contribution is 2.19. The molecular formula is C14H21BrN2O2. The molecule has 19 heavy (non-hydrogen) atoms. The van der Waals surface area contributed by atoms with E-state index in [1.807, 2.05) is 16.8 Å². The molecule has 2 rings (SSSR count). The quantitative estimate of drug-likeness (QED) is 0.903. The van der Waals surface area contributed by atoms with Crippen LogP contribution in [0.2, 0.25) is 0 Å². The Morgan fingerprint density at radius 3 is 3.11 bits per heavy atom. The molecule has 1 N–H and O–H groups in total. The smallest absolute Gasteiger partial charge is 0.268 e. The molecule has 1 fully saturated rings. The predicted molar refractivity (Wildman–Crippen MR) is 78.3 cm³/mol. The maximum absolute atomic E-state index is 12.3. The second-order valence-corrected chi connectivity index (χ2v) is 6.04. The topological polar surface area (TPSA) is 43.3 Å². The van der Waals surface area contributed by atoms with Gasteiger partial charge in [-0.3, -0.25) is 4.79 Å². The van der Waals surface area contributed by atoms with Crippen molar-refractivity contribution in [3.63, 3.8) is 0 Å². The number of ether oxygens (including phenoxy) is 1. The minimum atomic E-state index is -0.00134. The number of aromatic nitrogens is 1. The molecule has 0 saturated carbocycles. The zero-order chi connectivity index (χ0) is 13.8. The Balaban J connectivity index is 2.02. The van der Waals surface area contributed by atoms with Crippen LogP contribution in [0.3, 0.4) is 0 Å². The first kappa shape index (κ1) is 14.6. The summed E-state index contributed by atoms with van der Waals surface area (Å²) >= 11 is 3.43. The number of nitrogens with one attached hydrogen (secondary N) is 1. The summed E-state index contributed by atoms with van der Waals surface area (Å²) in [6.07, 6.45) is 4.00. The molecule has 1 aromatic heterocycles. The molecule has 2 atom stereocenters. The van der Waals surface area contributed by atoms with Crippen LogP contribution < -0.4 is 5.32 Å². The van der Waals surface area contributed by atoms with Crippen LogP contribution in [-0.4, -0.2) is 29.7 Å². The largest absolute Gasteiger partial charge is 0.381 e. The predicted octanol–water partition coefficient (Wildman–Crippen LogP) is 2.82. The van der Waals surface area contributed by atoms with E-state index in [0.717, 1.165) is 42.8 Å². The zero-order valence-corrected chi connectivity index (χ0v) is 13.1. The van der Waals surface area contributed by atoms with Crippen LogP contribution in [0.1, 0.15) is 37.2 Å². The summed E-state index contributed by atoms with van der Waals surface area (Å²) in [4.78, 5) is 12.3. The Labute approximate surface area is 122 Å². The van der Waals surface area contributed by atoms with E-state index in [4.69, 9.17) is 4.74 Å². The van der Waals surface area contributed by atoms with E-state index in [1.54, 1.807) is 0 Å². The van der Waals surface area contributed by atoms with Crippen molar-refractivity contribution < 1.29 is 9.53 Å². The lowest BCUT2D eigenvalue weighted by molar-refractivity contribution is 0.0912. The summed E-state index contributed by atoms with van der Waals surface area (Å²) in [6, 6.07) is 2.03. The van der Waals surface area contributed by atoms with Crippen LogP contribution in [0.4, 0.5) is 0 Å². The minimum absolute atomic E-state index is 0.00134. The number of carbonyl (C=O) groups is 1. The molecule has 0 spiro atoms. The van der Waals surface area contributed by atoms with Crippen LogP contribution in [0.5, 0.6) is 0 Å². The van der Waals surface area contributed by atoms with Crippen LogP contribution in [0.25, 0.3) is 0 Å². The molecule has 1 aromatic rings. The lowest BCUT2D eigenvalue weighted by Gasteiger charge is -2.19. The highest BCUT2D eigenvalue weighted by Gasteiger charge is 2.24. The number of rotatable bonds is 5. The van der Waals surface area contributed by atoms with Crippen LogP contribution in [0.15, 0.2) is 16.7 Å². The summed E-state index contributed by atoms with van der Waals surface area (Å²) < 4.78 is 8.31. The van der Waals surface area contributed by atoms with Crippen molar-refractivity contribution in [1.29, 1.82) is 0 Å². The lowest BCUT2D eigenvalue weighted by Crippen LogP contribution is -2.39. The third-order valence-electron chi connectivity index (χ3n) is 3.59. The number of aryl methyl sites for hydroxylation is 1. The Morgan fingerprint density at radius 2 is 2.47 bits per heavy atom. The summed E-state index contributed by atoms with van der Waals surface area (Å²) in [5, 5.41) is 3.09. The van der Waals surface area contributed by atoms with E-state index in [0.29, 0.717) is 5.92 Å². The normalized spacial score (nSPS) is 20.5. The third kappa shape index (κ3) is 3.60. The standard InChI is InChI=1S/C14H21BrN2O2/c1-3-5-17-8-12(15)7-13(17)14(18)16-10(2)11-4-6-19-9-11/h7-8,10-11H,3-6,9H2,1-2H3,(H,16,18). The van der Waals surface area contributed by atoms with E-state index in [1.165, 1.54) is 0 Å². The molecule has 0 bridgehead atoms. The molecule has 0 radical (unpaired) electrons. The number of halogens is 1. The molecule has 2 unspecified atom stereocenters. The summed E-state index contributed by atoms with van der Waals surface area (Å²) in [7, 11) is 0. The van der Waals surface area contributed by atoms with Gasteiger partial charge in [0.05, 0.1) is 6.61 Å². The summed E-state index contributed by atoms with van der Waals surface area (Å²) in [5.74, 6) is 0.431. The van der Waals surface area contributed by atoms with Gasteiger partial charge in [0.2, 0.25) is 0 Å². The van der Waals surface area contributed by atoms with Gasteiger partial charge in [0, 0.05) is 35.8 Å². The first-order chi connectivity index (χ1) is 9.11. The van der Waals surface area contributed by atoms with Gasteiger partial charge in [0.15, 0.2) is 0 Å². The van der Waals surface area contributed by atoms with Gasteiger partial charge in [-0.1, -0.05) is 6.92 Å². The zero-order valence-electron chi connectivity index (χ0n) is 11.5. The molecule has 1 aliphatic rings. The van der Waals surface area contributed by atoms with Gasteiger partial charge < -0.3 is 14.6 Å². The number of nitrogens with zero attached hydrogens (tertiary/aromatic N) is 1. The molecule has 4 nitrogen and oxygen atoms in total. The van der Waals surface area contributed by atoms with Gasteiger partial charge >= 0.3 is 0 Å². The van der Waals surface area contributed by atoms with Crippen LogP contribution >= 0.6 is 15.9 Å². The molecular weight excluding hydrogens is 308 g/mol. The van der Waals surface area contributed by atoms with Crippen molar-refractivity contribution in [3.05, 3.63) is 22.4 Å². The third-order valence-corrected chi connectivity index (χ3v) is 4.02. The Kier molecular flexibility index (Phi) is 5.05. The van der Waals surface area contributed by atoms with Gasteiger partial charge in [0.25, 0.3) is 5.91 Å². The number of amides is 1. The summed E-state index contributed by atoms with van der Waals surface area (Å²) in [5.41, 5.74) is 0.722. The van der Waals surface area contributed by atoms with Crippen molar-refractivity contribution in [2.24, 2.45) is 5.92 Å².